The van der Waals surface area contributed by atoms with E-state index in [2.05, 4.69) is 31.4 Å². The van der Waals surface area contributed by atoms with Crippen LogP contribution in [0.25, 0.3) is 0 Å². The van der Waals surface area contributed by atoms with Gasteiger partial charge in [-0.3, -0.25) is 4.79 Å². The van der Waals surface area contributed by atoms with Crippen LogP contribution in [-0.4, -0.2) is 25.0 Å². The fourth-order valence-electron chi connectivity index (χ4n) is 1.93. The fourth-order valence-corrected chi connectivity index (χ4v) is 1.93. The molecule has 1 atom stereocenters. The number of amides is 1. The van der Waals surface area contributed by atoms with E-state index in [4.69, 9.17) is 0 Å². The molecule has 0 spiro atoms. The quantitative estimate of drug-likeness (QED) is 0.744. The van der Waals surface area contributed by atoms with Crippen molar-refractivity contribution >= 4 is 5.91 Å². The van der Waals surface area contributed by atoms with Crippen LogP contribution in [0.5, 0.6) is 0 Å². The predicted octanol–water partition coefficient (Wildman–Crippen LogP) is 1.68. The van der Waals surface area contributed by atoms with Crippen molar-refractivity contribution in [2.75, 3.05) is 13.1 Å². The van der Waals surface area contributed by atoms with Gasteiger partial charge in [0.1, 0.15) is 0 Å². The van der Waals surface area contributed by atoms with E-state index in [0.717, 1.165) is 19.5 Å². The summed E-state index contributed by atoms with van der Waals surface area (Å²) in [5.41, 5.74) is 0.0929. The van der Waals surface area contributed by atoms with E-state index in [0.29, 0.717) is 12.5 Å². The van der Waals surface area contributed by atoms with Gasteiger partial charge in [-0.15, -0.1) is 0 Å². The number of hydrogen-bond donors (Lipinski definition) is 2. The largest absolute Gasteiger partial charge is 0.356 e. The van der Waals surface area contributed by atoms with E-state index in [-0.39, 0.29) is 11.3 Å². The summed E-state index contributed by atoms with van der Waals surface area (Å²) in [6.07, 6.45) is 4.22. The van der Waals surface area contributed by atoms with Gasteiger partial charge in [0.05, 0.1) is 0 Å². The van der Waals surface area contributed by atoms with Crippen molar-refractivity contribution < 1.29 is 4.79 Å². The molecule has 15 heavy (non-hydrogen) atoms. The van der Waals surface area contributed by atoms with Gasteiger partial charge >= 0.3 is 0 Å². The average molecular weight is 212 g/mol. The molecule has 0 aromatic rings. The highest BCUT2D eigenvalue weighted by Crippen LogP contribution is 2.17. The molecule has 3 nitrogen and oxygen atoms in total. The second-order valence-electron chi connectivity index (χ2n) is 5.67. The van der Waals surface area contributed by atoms with E-state index in [1.54, 1.807) is 0 Å². The Balaban J connectivity index is 2.06. The van der Waals surface area contributed by atoms with Crippen LogP contribution in [-0.2, 0) is 4.79 Å². The van der Waals surface area contributed by atoms with Crippen molar-refractivity contribution in [2.24, 2.45) is 5.41 Å². The third-order valence-corrected chi connectivity index (χ3v) is 2.67. The first-order valence-electron chi connectivity index (χ1n) is 5.97. The molecule has 0 unspecified atom stereocenters. The molecule has 0 saturated carbocycles. The Morgan fingerprint density at radius 2 is 2.20 bits per heavy atom. The van der Waals surface area contributed by atoms with Crippen molar-refractivity contribution in [1.82, 2.24) is 10.6 Å². The summed E-state index contributed by atoms with van der Waals surface area (Å²) in [6.45, 7) is 8.22. The second kappa shape index (κ2) is 5.50. The van der Waals surface area contributed by atoms with Crippen LogP contribution in [0.2, 0.25) is 0 Å². The summed E-state index contributed by atoms with van der Waals surface area (Å²) >= 11 is 0. The second-order valence-corrected chi connectivity index (χ2v) is 5.67. The minimum Gasteiger partial charge on any atom is -0.356 e. The molecule has 0 aliphatic carbocycles. The maximum absolute atomic E-state index is 11.5. The average Bonchev–Trinajstić information content (AvgIpc) is 2.53. The van der Waals surface area contributed by atoms with Crippen LogP contribution in [0, 0.1) is 5.41 Å². The van der Waals surface area contributed by atoms with Crippen LogP contribution in [0.4, 0.5) is 0 Å². The standard InChI is InChI=1S/C12H24N2O/c1-12(2,3)9-11(15)14-8-6-10-5-4-7-13-10/h10,13H,4-9H2,1-3H3,(H,14,15)/t10-/m0/s1. The molecule has 1 amide bonds. The summed E-state index contributed by atoms with van der Waals surface area (Å²) in [5, 5.41) is 6.41. The topological polar surface area (TPSA) is 41.1 Å². The van der Waals surface area contributed by atoms with E-state index in [1.165, 1.54) is 12.8 Å². The summed E-state index contributed by atoms with van der Waals surface area (Å²) in [7, 11) is 0. The summed E-state index contributed by atoms with van der Waals surface area (Å²) in [6, 6.07) is 0.625. The lowest BCUT2D eigenvalue weighted by atomic mass is 9.92. The SMILES string of the molecule is CC(C)(C)CC(=O)NCC[C@@H]1CCCN1. The molecule has 1 rings (SSSR count). The van der Waals surface area contributed by atoms with Crippen molar-refractivity contribution in [3.05, 3.63) is 0 Å². The van der Waals surface area contributed by atoms with Crippen LogP contribution >= 0.6 is 0 Å². The summed E-state index contributed by atoms with van der Waals surface area (Å²) in [4.78, 5) is 11.5. The third-order valence-electron chi connectivity index (χ3n) is 2.67. The molecule has 1 aliphatic rings. The summed E-state index contributed by atoms with van der Waals surface area (Å²) < 4.78 is 0. The van der Waals surface area contributed by atoms with Crippen molar-refractivity contribution in [2.45, 2.75) is 52.5 Å². The Morgan fingerprint density at radius 1 is 1.47 bits per heavy atom. The maximum Gasteiger partial charge on any atom is 0.220 e. The molecule has 0 bridgehead atoms. The van der Waals surface area contributed by atoms with Gasteiger partial charge in [0.25, 0.3) is 0 Å². The van der Waals surface area contributed by atoms with Crippen molar-refractivity contribution in [1.29, 1.82) is 0 Å². The Kier molecular flexibility index (Phi) is 4.58. The molecule has 1 saturated heterocycles. The van der Waals surface area contributed by atoms with Crippen LogP contribution < -0.4 is 10.6 Å². The molecular weight excluding hydrogens is 188 g/mol. The lowest BCUT2D eigenvalue weighted by Crippen LogP contribution is -2.32. The van der Waals surface area contributed by atoms with E-state index in [9.17, 15) is 4.79 Å². The number of rotatable bonds is 4. The number of carbonyl (C=O) groups is 1. The molecule has 1 fully saturated rings. The van der Waals surface area contributed by atoms with Gasteiger partial charge in [-0.1, -0.05) is 20.8 Å². The molecular formula is C12H24N2O. The number of nitrogens with one attached hydrogen (secondary N) is 2. The smallest absolute Gasteiger partial charge is 0.220 e. The van der Waals surface area contributed by atoms with Gasteiger partial charge in [-0.05, 0) is 31.2 Å². The van der Waals surface area contributed by atoms with Crippen LogP contribution in [0.15, 0.2) is 0 Å². The molecule has 0 aromatic carbocycles. The first-order chi connectivity index (χ1) is 6.97. The first-order valence-corrected chi connectivity index (χ1v) is 5.97. The van der Waals surface area contributed by atoms with E-state index >= 15 is 0 Å². The lowest BCUT2D eigenvalue weighted by Gasteiger charge is -2.18. The van der Waals surface area contributed by atoms with Gasteiger partial charge < -0.3 is 10.6 Å². The lowest BCUT2D eigenvalue weighted by molar-refractivity contribution is -0.122. The fraction of sp³-hybridized carbons (Fsp3) is 0.917. The highest BCUT2D eigenvalue weighted by atomic mass is 16.1. The zero-order chi connectivity index (χ0) is 11.3. The first kappa shape index (κ1) is 12.5. The third kappa shape index (κ3) is 5.78. The Hall–Kier alpha value is -0.570. The summed E-state index contributed by atoms with van der Waals surface area (Å²) in [5.74, 6) is 0.181. The molecule has 2 N–H and O–H groups in total. The van der Waals surface area contributed by atoms with Gasteiger partial charge in [-0.2, -0.15) is 0 Å². The predicted molar refractivity (Wildman–Crippen MR) is 62.7 cm³/mol. The van der Waals surface area contributed by atoms with Crippen LogP contribution in [0.3, 0.4) is 0 Å². The van der Waals surface area contributed by atoms with Gasteiger partial charge in [0.15, 0.2) is 0 Å². The molecule has 3 heteroatoms. The number of carbonyl (C=O) groups excluding carboxylic acids is 1. The Labute approximate surface area is 93.0 Å². The highest BCUT2D eigenvalue weighted by molar-refractivity contribution is 5.76. The molecule has 0 radical (unpaired) electrons. The molecule has 1 aliphatic heterocycles. The minimum absolute atomic E-state index is 0.0929. The van der Waals surface area contributed by atoms with Crippen LogP contribution in [0.1, 0.15) is 46.5 Å². The Morgan fingerprint density at radius 3 is 2.73 bits per heavy atom. The molecule has 0 aromatic heterocycles. The number of hydrogen-bond acceptors (Lipinski definition) is 2. The molecule has 88 valence electrons. The van der Waals surface area contributed by atoms with Gasteiger partial charge in [0.2, 0.25) is 5.91 Å². The minimum atomic E-state index is 0.0929. The van der Waals surface area contributed by atoms with Crippen molar-refractivity contribution in [3.63, 3.8) is 0 Å². The van der Waals surface area contributed by atoms with Gasteiger partial charge in [0, 0.05) is 19.0 Å². The van der Waals surface area contributed by atoms with E-state index < -0.39 is 0 Å². The Bertz CT molecular complexity index is 202. The zero-order valence-corrected chi connectivity index (χ0v) is 10.2. The normalized spacial score (nSPS) is 21.7. The maximum atomic E-state index is 11.5. The molecule has 1 heterocycles. The highest BCUT2D eigenvalue weighted by Gasteiger charge is 2.17. The zero-order valence-electron chi connectivity index (χ0n) is 10.2. The van der Waals surface area contributed by atoms with E-state index in [1.807, 2.05) is 0 Å². The van der Waals surface area contributed by atoms with Crippen molar-refractivity contribution in [3.8, 4) is 0 Å². The monoisotopic (exact) mass is 212 g/mol. The van der Waals surface area contributed by atoms with Gasteiger partial charge in [-0.25, -0.2) is 0 Å².